The van der Waals surface area contributed by atoms with Crippen molar-refractivity contribution in [3.63, 3.8) is 0 Å². The van der Waals surface area contributed by atoms with Gasteiger partial charge in [0.25, 0.3) is 0 Å². The lowest BCUT2D eigenvalue weighted by Crippen LogP contribution is -2.05. The molecule has 7 heteroatoms. The molecule has 0 bridgehead atoms. The zero-order valence-electron chi connectivity index (χ0n) is 9.79. The Morgan fingerprint density at radius 2 is 2.11 bits per heavy atom. The second-order valence-corrected chi connectivity index (χ2v) is 4.53. The number of hydrogen-bond acceptors (Lipinski definition) is 4. The third-order valence-electron chi connectivity index (χ3n) is 2.03. The van der Waals surface area contributed by atoms with Gasteiger partial charge in [0, 0.05) is 36.1 Å². The van der Waals surface area contributed by atoms with Gasteiger partial charge >= 0.3 is 6.61 Å². The van der Waals surface area contributed by atoms with Crippen LogP contribution in [0.2, 0.25) is 0 Å². The summed E-state index contributed by atoms with van der Waals surface area (Å²) in [6, 6.07) is 2.17. The molecule has 0 saturated heterocycles. The van der Waals surface area contributed by atoms with Gasteiger partial charge in [-0.2, -0.15) is 8.78 Å². The topological polar surface area (TPSA) is 44.5 Å². The minimum Gasteiger partial charge on any atom is -0.432 e. The van der Waals surface area contributed by atoms with Crippen molar-refractivity contribution in [1.82, 2.24) is 0 Å². The Kier molecular flexibility index (Phi) is 6.14. The molecule has 0 amide bonds. The highest BCUT2D eigenvalue weighted by atomic mass is 32.2. The number of anilines is 1. The minimum atomic E-state index is -3.06. The van der Waals surface area contributed by atoms with Crippen LogP contribution >= 0.6 is 11.8 Å². The molecule has 0 atom stereocenters. The number of hydrogen-bond donors (Lipinski definition) is 1. The molecule has 0 aliphatic rings. The van der Waals surface area contributed by atoms with Gasteiger partial charge in [0.1, 0.15) is 0 Å². The monoisotopic (exact) mass is 281 g/mol. The minimum absolute atomic E-state index is 0.205. The van der Waals surface area contributed by atoms with Crippen LogP contribution in [-0.2, 0) is 4.74 Å². The molecule has 0 heterocycles. The fourth-order valence-corrected chi connectivity index (χ4v) is 2.14. The first kappa shape index (κ1) is 15.0. The van der Waals surface area contributed by atoms with Gasteiger partial charge in [0.05, 0.1) is 0 Å². The fourth-order valence-electron chi connectivity index (χ4n) is 1.25. The van der Waals surface area contributed by atoms with E-state index in [-0.39, 0.29) is 5.69 Å². The van der Waals surface area contributed by atoms with Crippen LogP contribution in [0.1, 0.15) is 6.42 Å². The molecular formula is C11H14F3NO2S. The predicted octanol–water partition coefficient (Wildman–Crippen LogP) is 3.14. The number of nitrogen functional groups attached to an aromatic ring is 1. The smallest absolute Gasteiger partial charge is 0.387 e. The number of methoxy groups -OCH3 is 1. The maximum Gasteiger partial charge on any atom is 0.387 e. The molecule has 0 aliphatic heterocycles. The van der Waals surface area contributed by atoms with Crippen LogP contribution in [0.3, 0.4) is 0 Å². The molecule has 0 aromatic heterocycles. The fraction of sp³-hybridized carbons (Fsp3) is 0.455. The molecule has 1 aromatic carbocycles. The summed E-state index contributed by atoms with van der Waals surface area (Å²) in [6.45, 7) is -2.47. The van der Waals surface area contributed by atoms with Gasteiger partial charge < -0.3 is 15.2 Å². The maximum atomic E-state index is 13.3. The largest absolute Gasteiger partial charge is 0.432 e. The van der Waals surface area contributed by atoms with Crippen molar-refractivity contribution in [2.24, 2.45) is 0 Å². The van der Waals surface area contributed by atoms with E-state index < -0.39 is 18.2 Å². The summed E-state index contributed by atoms with van der Waals surface area (Å²) in [7, 11) is 1.59. The van der Waals surface area contributed by atoms with Crippen LogP contribution in [-0.4, -0.2) is 26.1 Å². The van der Waals surface area contributed by atoms with Crippen LogP contribution < -0.4 is 10.5 Å². The van der Waals surface area contributed by atoms with E-state index in [9.17, 15) is 13.2 Å². The second-order valence-electron chi connectivity index (χ2n) is 3.39. The molecule has 0 saturated carbocycles. The van der Waals surface area contributed by atoms with Gasteiger partial charge in [-0.1, -0.05) is 0 Å². The SMILES string of the molecule is COCCCSc1cc(OC(F)F)c(F)cc1N. The van der Waals surface area contributed by atoms with Crippen molar-refractivity contribution in [3.8, 4) is 5.75 Å². The Labute approximate surface area is 107 Å². The molecule has 0 unspecified atom stereocenters. The number of ether oxygens (including phenoxy) is 2. The standard InChI is InChI=1S/C11H14F3NO2S/c1-16-3-2-4-18-10-6-9(17-11(13)14)7(12)5-8(10)15/h5-6,11H,2-4,15H2,1H3. The molecule has 1 aromatic rings. The first-order valence-electron chi connectivity index (χ1n) is 5.20. The molecule has 0 radical (unpaired) electrons. The lowest BCUT2D eigenvalue weighted by Gasteiger charge is -2.10. The van der Waals surface area contributed by atoms with Crippen molar-refractivity contribution in [2.75, 3.05) is 25.2 Å². The molecule has 0 aliphatic carbocycles. The Hall–Kier alpha value is -1.08. The van der Waals surface area contributed by atoms with Crippen LogP contribution in [0.25, 0.3) is 0 Å². The van der Waals surface area contributed by atoms with Gasteiger partial charge in [-0.05, 0) is 12.5 Å². The van der Waals surface area contributed by atoms with Crippen molar-refractivity contribution >= 4 is 17.4 Å². The Morgan fingerprint density at radius 1 is 1.39 bits per heavy atom. The van der Waals surface area contributed by atoms with E-state index in [2.05, 4.69) is 4.74 Å². The average molecular weight is 281 g/mol. The Morgan fingerprint density at radius 3 is 2.72 bits per heavy atom. The highest BCUT2D eigenvalue weighted by molar-refractivity contribution is 7.99. The molecule has 3 nitrogen and oxygen atoms in total. The molecule has 0 spiro atoms. The Balaban J connectivity index is 2.71. The van der Waals surface area contributed by atoms with Gasteiger partial charge in [-0.3, -0.25) is 0 Å². The third kappa shape index (κ3) is 4.66. The first-order chi connectivity index (χ1) is 8.54. The summed E-state index contributed by atoms with van der Waals surface area (Å²) in [6.07, 6.45) is 0.781. The maximum absolute atomic E-state index is 13.3. The van der Waals surface area contributed by atoms with Gasteiger partial charge in [0.15, 0.2) is 11.6 Å². The molecule has 102 valence electrons. The van der Waals surface area contributed by atoms with E-state index in [1.54, 1.807) is 7.11 Å². The van der Waals surface area contributed by atoms with Crippen LogP contribution in [0, 0.1) is 5.82 Å². The zero-order valence-corrected chi connectivity index (χ0v) is 10.6. The van der Waals surface area contributed by atoms with Crippen molar-refractivity contribution in [3.05, 3.63) is 17.9 Å². The van der Waals surface area contributed by atoms with Gasteiger partial charge in [-0.15, -0.1) is 11.8 Å². The van der Waals surface area contributed by atoms with Crippen molar-refractivity contribution in [2.45, 2.75) is 17.9 Å². The number of rotatable bonds is 7. The summed E-state index contributed by atoms with van der Waals surface area (Å²) in [5, 5.41) is 0. The summed E-state index contributed by atoms with van der Waals surface area (Å²) in [4.78, 5) is 0.517. The summed E-state index contributed by atoms with van der Waals surface area (Å²) in [5.74, 6) is -0.694. The third-order valence-corrected chi connectivity index (χ3v) is 3.19. The lowest BCUT2D eigenvalue weighted by molar-refractivity contribution is -0.0523. The summed E-state index contributed by atoms with van der Waals surface area (Å²) >= 11 is 1.34. The predicted molar refractivity (Wildman–Crippen MR) is 64.7 cm³/mol. The number of thioether (sulfide) groups is 1. The van der Waals surface area contributed by atoms with Gasteiger partial charge in [-0.25, -0.2) is 4.39 Å². The van der Waals surface area contributed by atoms with E-state index in [0.717, 1.165) is 12.5 Å². The van der Waals surface area contributed by atoms with Gasteiger partial charge in [0.2, 0.25) is 0 Å². The van der Waals surface area contributed by atoms with E-state index in [0.29, 0.717) is 17.3 Å². The van der Waals surface area contributed by atoms with Crippen molar-refractivity contribution < 1.29 is 22.6 Å². The number of nitrogens with two attached hydrogens (primary N) is 1. The highest BCUT2D eigenvalue weighted by Gasteiger charge is 2.13. The Bertz CT molecular complexity index is 391. The molecule has 1 rings (SSSR count). The second kappa shape index (κ2) is 7.38. The first-order valence-corrected chi connectivity index (χ1v) is 6.18. The highest BCUT2D eigenvalue weighted by Crippen LogP contribution is 2.32. The van der Waals surface area contributed by atoms with E-state index in [1.807, 2.05) is 0 Å². The number of halogens is 3. The summed E-state index contributed by atoms with van der Waals surface area (Å²) < 4.78 is 46.3. The van der Waals surface area contributed by atoms with Crippen molar-refractivity contribution in [1.29, 1.82) is 0 Å². The quantitative estimate of drug-likeness (QED) is 0.474. The summed E-state index contributed by atoms with van der Waals surface area (Å²) in [5.41, 5.74) is 5.81. The van der Waals surface area contributed by atoms with E-state index >= 15 is 0 Å². The molecule has 18 heavy (non-hydrogen) atoms. The lowest BCUT2D eigenvalue weighted by atomic mass is 10.3. The average Bonchev–Trinajstić information content (AvgIpc) is 2.29. The molecule has 2 N–H and O–H groups in total. The number of alkyl halides is 2. The van der Waals surface area contributed by atoms with Crippen LogP contribution in [0.4, 0.5) is 18.9 Å². The van der Waals surface area contributed by atoms with E-state index in [1.165, 1.54) is 17.8 Å². The van der Waals surface area contributed by atoms with E-state index in [4.69, 9.17) is 10.5 Å². The van der Waals surface area contributed by atoms with Crippen LogP contribution in [0.5, 0.6) is 5.75 Å². The van der Waals surface area contributed by atoms with Crippen LogP contribution in [0.15, 0.2) is 17.0 Å². The molecular weight excluding hydrogens is 267 g/mol. The molecule has 0 fully saturated rings. The normalized spacial score (nSPS) is 10.9. The zero-order chi connectivity index (χ0) is 13.5. The number of benzene rings is 1.